The van der Waals surface area contributed by atoms with Crippen molar-refractivity contribution in [2.24, 2.45) is 0 Å². The Morgan fingerprint density at radius 3 is 2.48 bits per heavy atom. The molecule has 2 amide bonds. The van der Waals surface area contributed by atoms with Gasteiger partial charge in [0.05, 0.1) is 28.2 Å². The fourth-order valence-corrected chi connectivity index (χ4v) is 4.66. The zero-order valence-electron chi connectivity index (χ0n) is 18.1. The number of benzene rings is 1. The van der Waals surface area contributed by atoms with Crippen LogP contribution in [0, 0.1) is 6.92 Å². The number of nitrogens with zero attached hydrogens (tertiary/aromatic N) is 2. The fraction of sp³-hybridized carbons (Fsp3) is 0.455. The molecule has 178 valence electrons. The van der Waals surface area contributed by atoms with Gasteiger partial charge in [0.1, 0.15) is 0 Å². The van der Waals surface area contributed by atoms with Gasteiger partial charge in [-0.05, 0) is 24.5 Å². The Bertz CT molecular complexity index is 1020. The van der Waals surface area contributed by atoms with E-state index >= 15 is 0 Å². The van der Waals surface area contributed by atoms with Gasteiger partial charge in [0, 0.05) is 26.3 Å². The molecule has 3 atom stereocenters. The number of aliphatic hydroxyl groups excluding tert-OH is 1. The molecule has 1 aliphatic heterocycles. The summed E-state index contributed by atoms with van der Waals surface area (Å²) in [5.41, 5.74) is 4.54. The van der Waals surface area contributed by atoms with E-state index < -0.39 is 48.5 Å². The highest BCUT2D eigenvalue weighted by Crippen LogP contribution is 2.29. The van der Waals surface area contributed by atoms with Gasteiger partial charge in [0.15, 0.2) is 5.78 Å². The van der Waals surface area contributed by atoms with Gasteiger partial charge in [-0.2, -0.15) is 13.2 Å². The van der Waals surface area contributed by atoms with Gasteiger partial charge in [-0.3, -0.25) is 14.4 Å². The minimum Gasteiger partial charge on any atom is -0.391 e. The molecular weight excluding hydrogens is 459 g/mol. The lowest BCUT2D eigenvalue weighted by Crippen LogP contribution is -2.57. The standard InChI is InChI=1S/C22H24F3N3O4S/c1-12-19(33-11-26-12)15-6-3-14(4-7-15)5-8-18(31)17-9-16(30)10-28(17)21(32)20(22(23,24)25)27-13(2)29/h3-4,6-7,11,16-17,20,30H,5,8-10H2,1-2H3,(H,27,29)/t16-,17?,20?/m1/s1. The van der Waals surface area contributed by atoms with Gasteiger partial charge in [0.2, 0.25) is 11.9 Å². The van der Waals surface area contributed by atoms with E-state index in [1.54, 1.807) is 10.8 Å². The average Bonchev–Trinajstić information content (AvgIpc) is 3.35. The van der Waals surface area contributed by atoms with Crippen LogP contribution >= 0.6 is 11.3 Å². The highest BCUT2D eigenvalue weighted by molar-refractivity contribution is 7.13. The Morgan fingerprint density at radius 1 is 1.27 bits per heavy atom. The molecule has 1 fully saturated rings. The minimum absolute atomic E-state index is 0.00306. The first-order chi connectivity index (χ1) is 15.5. The van der Waals surface area contributed by atoms with Crippen molar-refractivity contribution in [3.8, 4) is 10.4 Å². The van der Waals surface area contributed by atoms with Crippen molar-refractivity contribution in [2.75, 3.05) is 6.54 Å². The molecule has 0 aliphatic carbocycles. The molecule has 2 heterocycles. The van der Waals surface area contributed by atoms with Crippen LogP contribution in [-0.2, 0) is 20.8 Å². The van der Waals surface area contributed by atoms with Crippen LogP contribution in [0.1, 0.15) is 31.0 Å². The predicted octanol–water partition coefficient (Wildman–Crippen LogP) is 2.65. The zero-order chi connectivity index (χ0) is 24.3. The molecular formula is C22H24F3N3O4S. The van der Waals surface area contributed by atoms with Crippen molar-refractivity contribution in [3.05, 3.63) is 41.0 Å². The van der Waals surface area contributed by atoms with E-state index in [9.17, 15) is 32.7 Å². The Hall–Kier alpha value is -2.79. The number of hydrogen-bond donors (Lipinski definition) is 2. The quantitative estimate of drug-likeness (QED) is 0.631. The van der Waals surface area contributed by atoms with Crippen LogP contribution < -0.4 is 5.32 Å². The molecule has 0 radical (unpaired) electrons. The number of ketones is 1. The lowest BCUT2D eigenvalue weighted by atomic mass is 10.00. The van der Waals surface area contributed by atoms with Crippen LogP contribution in [-0.4, -0.2) is 63.5 Å². The van der Waals surface area contributed by atoms with Gasteiger partial charge < -0.3 is 15.3 Å². The van der Waals surface area contributed by atoms with Gasteiger partial charge in [0.25, 0.3) is 5.91 Å². The lowest BCUT2D eigenvalue weighted by molar-refractivity contribution is -0.178. The number of β-amino-alcohol motifs (C(OH)–C–C–N with tert-alkyl or cyclic N) is 1. The van der Waals surface area contributed by atoms with E-state index in [1.165, 1.54) is 11.3 Å². The summed E-state index contributed by atoms with van der Waals surface area (Å²) in [5.74, 6) is -2.91. The number of Topliss-reactive ketones (excluding diaryl/α,β-unsaturated/α-hetero) is 1. The van der Waals surface area contributed by atoms with Crippen LogP contribution in [0.2, 0.25) is 0 Å². The molecule has 2 unspecified atom stereocenters. The number of carbonyl (C=O) groups excluding carboxylic acids is 3. The number of halogens is 3. The maximum absolute atomic E-state index is 13.3. The molecule has 0 bridgehead atoms. The van der Waals surface area contributed by atoms with Gasteiger partial charge >= 0.3 is 6.18 Å². The van der Waals surface area contributed by atoms with E-state index in [1.807, 2.05) is 31.2 Å². The maximum atomic E-state index is 13.3. The highest BCUT2D eigenvalue weighted by atomic mass is 32.1. The largest absolute Gasteiger partial charge is 0.417 e. The summed E-state index contributed by atoms with van der Waals surface area (Å²) in [4.78, 5) is 42.5. The molecule has 0 spiro atoms. The van der Waals surface area contributed by atoms with E-state index in [4.69, 9.17) is 0 Å². The maximum Gasteiger partial charge on any atom is 0.417 e. The number of thiazole rings is 1. The van der Waals surface area contributed by atoms with Gasteiger partial charge in [-0.25, -0.2) is 4.98 Å². The predicted molar refractivity (Wildman–Crippen MR) is 115 cm³/mol. The molecule has 2 aromatic rings. The third-order valence-corrected chi connectivity index (χ3v) is 6.45. The molecule has 0 saturated carbocycles. The zero-order valence-corrected chi connectivity index (χ0v) is 18.9. The number of likely N-dealkylation sites (tertiary alicyclic amines) is 1. The van der Waals surface area contributed by atoms with Gasteiger partial charge in [-0.15, -0.1) is 11.3 Å². The number of hydrogen-bond acceptors (Lipinski definition) is 6. The summed E-state index contributed by atoms with van der Waals surface area (Å²) in [6.07, 6.45) is -5.95. The Labute approximate surface area is 192 Å². The molecule has 1 aromatic heterocycles. The van der Waals surface area contributed by atoms with E-state index in [0.29, 0.717) is 6.42 Å². The van der Waals surface area contributed by atoms with E-state index in [2.05, 4.69) is 4.98 Å². The molecule has 3 rings (SSSR count). The molecule has 2 N–H and O–H groups in total. The SMILES string of the molecule is CC(=O)NC(C(=O)N1C[C@H](O)CC1C(=O)CCc1ccc(-c2scnc2C)cc1)C(F)(F)F. The monoisotopic (exact) mass is 483 g/mol. The number of aliphatic hydroxyl groups is 1. The Kier molecular flexibility index (Phi) is 7.53. The summed E-state index contributed by atoms with van der Waals surface area (Å²) < 4.78 is 40.0. The van der Waals surface area contributed by atoms with Crippen molar-refractivity contribution in [1.82, 2.24) is 15.2 Å². The third-order valence-electron chi connectivity index (χ3n) is 5.48. The first kappa shape index (κ1) is 24.8. The fourth-order valence-electron chi connectivity index (χ4n) is 3.85. The summed E-state index contributed by atoms with van der Waals surface area (Å²) >= 11 is 1.52. The second kappa shape index (κ2) is 10.0. The van der Waals surface area contributed by atoms with Crippen molar-refractivity contribution in [3.63, 3.8) is 0 Å². The van der Waals surface area contributed by atoms with Crippen LogP contribution in [0.5, 0.6) is 0 Å². The number of amides is 2. The summed E-state index contributed by atoms with van der Waals surface area (Å²) in [5, 5.41) is 11.5. The van der Waals surface area contributed by atoms with Crippen molar-refractivity contribution < 1.29 is 32.7 Å². The number of rotatable bonds is 7. The molecule has 33 heavy (non-hydrogen) atoms. The lowest BCUT2D eigenvalue weighted by Gasteiger charge is -2.29. The summed E-state index contributed by atoms with van der Waals surface area (Å²) in [6.45, 7) is 2.39. The number of aromatic nitrogens is 1. The second-order valence-corrected chi connectivity index (χ2v) is 8.86. The normalized spacial score (nSPS) is 19.4. The first-order valence-electron chi connectivity index (χ1n) is 10.3. The van der Waals surface area contributed by atoms with E-state index in [-0.39, 0.29) is 12.8 Å². The molecule has 1 aliphatic rings. The van der Waals surface area contributed by atoms with Gasteiger partial charge in [-0.1, -0.05) is 24.3 Å². The topological polar surface area (TPSA) is 99.6 Å². The van der Waals surface area contributed by atoms with Crippen LogP contribution in [0.4, 0.5) is 13.2 Å². The summed E-state index contributed by atoms with van der Waals surface area (Å²) in [6, 6.07) is 3.62. The number of carbonyl (C=O) groups is 3. The molecule has 7 nitrogen and oxygen atoms in total. The molecule has 11 heteroatoms. The smallest absolute Gasteiger partial charge is 0.391 e. The highest BCUT2D eigenvalue weighted by Gasteiger charge is 2.50. The van der Waals surface area contributed by atoms with Crippen molar-refractivity contribution in [1.29, 1.82) is 0 Å². The van der Waals surface area contributed by atoms with Crippen LogP contribution in [0.3, 0.4) is 0 Å². The number of alkyl halides is 3. The second-order valence-electron chi connectivity index (χ2n) is 8.00. The van der Waals surface area contributed by atoms with Crippen molar-refractivity contribution in [2.45, 2.75) is 57.5 Å². The van der Waals surface area contributed by atoms with Crippen LogP contribution in [0.25, 0.3) is 10.4 Å². The Morgan fingerprint density at radius 2 is 1.94 bits per heavy atom. The van der Waals surface area contributed by atoms with E-state index in [0.717, 1.165) is 33.5 Å². The number of aryl methyl sites for hydroxylation is 2. The number of nitrogens with one attached hydrogen (secondary N) is 1. The Balaban J connectivity index is 1.67. The third kappa shape index (κ3) is 5.97. The molecule has 1 aromatic carbocycles. The van der Waals surface area contributed by atoms with Crippen molar-refractivity contribution >= 4 is 28.9 Å². The average molecular weight is 484 g/mol. The van der Waals surface area contributed by atoms with Crippen LogP contribution in [0.15, 0.2) is 29.8 Å². The minimum atomic E-state index is -5.03. The molecule has 1 saturated heterocycles. The summed E-state index contributed by atoms with van der Waals surface area (Å²) in [7, 11) is 0. The first-order valence-corrected chi connectivity index (χ1v) is 11.2.